The Morgan fingerprint density at radius 3 is 3.22 bits per heavy atom. The maximum absolute atomic E-state index is 4.66. The molecule has 98 valence electrons. The van der Waals surface area contributed by atoms with Gasteiger partial charge in [-0.2, -0.15) is 0 Å². The van der Waals surface area contributed by atoms with Gasteiger partial charge in [-0.25, -0.2) is 4.98 Å². The Labute approximate surface area is 112 Å². The lowest BCUT2D eigenvalue weighted by Gasteiger charge is -2.29. The van der Waals surface area contributed by atoms with Crippen molar-refractivity contribution in [3.8, 4) is 0 Å². The molecule has 5 heteroatoms. The summed E-state index contributed by atoms with van der Waals surface area (Å²) in [7, 11) is 0. The highest BCUT2D eigenvalue weighted by atomic mass is 32.1. The van der Waals surface area contributed by atoms with Gasteiger partial charge in [0.2, 0.25) is 0 Å². The first-order valence-corrected chi connectivity index (χ1v) is 7.39. The van der Waals surface area contributed by atoms with Crippen LogP contribution >= 0.6 is 11.3 Å². The first-order valence-electron chi connectivity index (χ1n) is 6.51. The molecule has 0 aromatic carbocycles. The molecule has 2 aromatic heterocycles. The smallest absolute Gasteiger partial charge is 0.193 e. The zero-order valence-electron chi connectivity index (χ0n) is 11.0. The Morgan fingerprint density at radius 1 is 1.50 bits per heavy atom. The Kier molecular flexibility index (Phi) is 3.13. The Balaban J connectivity index is 1.73. The molecule has 1 saturated heterocycles. The van der Waals surface area contributed by atoms with E-state index in [1.165, 1.54) is 12.1 Å². The van der Waals surface area contributed by atoms with Crippen molar-refractivity contribution in [3.05, 3.63) is 23.5 Å². The number of hydrogen-bond acceptors (Lipinski definition) is 4. The van der Waals surface area contributed by atoms with Crippen molar-refractivity contribution in [3.63, 3.8) is 0 Å². The summed E-state index contributed by atoms with van der Waals surface area (Å²) in [5, 5.41) is 5.67. The summed E-state index contributed by atoms with van der Waals surface area (Å²) in [6.07, 6.45) is 5.44. The van der Waals surface area contributed by atoms with Crippen LogP contribution in [0.3, 0.4) is 0 Å². The quantitative estimate of drug-likeness (QED) is 0.900. The van der Waals surface area contributed by atoms with E-state index in [4.69, 9.17) is 0 Å². The van der Waals surface area contributed by atoms with Gasteiger partial charge in [0.1, 0.15) is 0 Å². The molecule has 1 fully saturated rings. The zero-order chi connectivity index (χ0) is 12.6. The van der Waals surface area contributed by atoms with Crippen LogP contribution in [0.4, 0.5) is 0 Å². The lowest BCUT2D eigenvalue weighted by molar-refractivity contribution is 0.222. The summed E-state index contributed by atoms with van der Waals surface area (Å²) in [5.41, 5.74) is 1.38. The van der Waals surface area contributed by atoms with Crippen LogP contribution in [0.25, 0.3) is 4.96 Å². The lowest BCUT2D eigenvalue weighted by Crippen LogP contribution is -2.46. The molecule has 4 nitrogen and oxygen atoms in total. The zero-order valence-corrected chi connectivity index (χ0v) is 11.8. The fourth-order valence-electron chi connectivity index (χ4n) is 2.64. The van der Waals surface area contributed by atoms with Crippen LogP contribution in [-0.2, 0) is 6.54 Å². The monoisotopic (exact) mass is 264 g/mol. The highest BCUT2D eigenvalue weighted by Crippen LogP contribution is 2.16. The minimum Gasteiger partial charge on any atom is -0.310 e. The number of fused-ring (bicyclic) bond motifs is 1. The van der Waals surface area contributed by atoms with Crippen LogP contribution in [0.5, 0.6) is 0 Å². The van der Waals surface area contributed by atoms with Gasteiger partial charge in [0.05, 0.1) is 5.69 Å². The minimum atomic E-state index is 0.202. The van der Waals surface area contributed by atoms with E-state index in [9.17, 15) is 0 Å². The van der Waals surface area contributed by atoms with Crippen LogP contribution in [0.2, 0.25) is 0 Å². The summed E-state index contributed by atoms with van der Waals surface area (Å²) in [5.74, 6) is 0. The molecule has 18 heavy (non-hydrogen) atoms. The molecule has 0 amide bonds. The molecular formula is C13H20N4S. The third kappa shape index (κ3) is 2.58. The standard InChI is InChI=1S/C13H20N4S/c1-13(2)10-16(5-3-4-14-13)8-11-9-17-6-7-18-12(17)15-11/h6-7,9,14H,3-5,8,10H2,1-2H3. The first-order chi connectivity index (χ1) is 8.62. The normalized spacial score (nSPS) is 21.2. The minimum absolute atomic E-state index is 0.202. The fraction of sp³-hybridized carbons (Fsp3) is 0.615. The van der Waals surface area contributed by atoms with Gasteiger partial charge < -0.3 is 5.32 Å². The molecule has 0 spiro atoms. The van der Waals surface area contributed by atoms with E-state index >= 15 is 0 Å². The van der Waals surface area contributed by atoms with E-state index in [-0.39, 0.29) is 5.54 Å². The van der Waals surface area contributed by atoms with Gasteiger partial charge in [-0.15, -0.1) is 11.3 Å². The molecule has 3 heterocycles. The third-order valence-corrected chi connectivity index (χ3v) is 4.17. The second-order valence-electron chi connectivity index (χ2n) is 5.70. The van der Waals surface area contributed by atoms with Crippen LogP contribution in [0, 0.1) is 0 Å². The Bertz CT molecular complexity index is 499. The van der Waals surface area contributed by atoms with Gasteiger partial charge >= 0.3 is 0 Å². The van der Waals surface area contributed by atoms with Gasteiger partial charge in [-0.3, -0.25) is 9.30 Å². The summed E-state index contributed by atoms with van der Waals surface area (Å²) in [6.45, 7) is 8.86. The summed E-state index contributed by atoms with van der Waals surface area (Å²) in [6, 6.07) is 0. The maximum atomic E-state index is 4.66. The van der Waals surface area contributed by atoms with Crippen molar-refractivity contribution in [2.24, 2.45) is 0 Å². The van der Waals surface area contributed by atoms with Crippen LogP contribution in [0.15, 0.2) is 17.8 Å². The third-order valence-electron chi connectivity index (χ3n) is 3.40. The molecular weight excluding hydrogens is 244 g/mol. The molecule has 1 aliphatic heterocycles. The molecule has 0 unspecified atom stereocenters. The number of nitrogens with zero attached hydrogens (tertiary/aromatic N) is 3. The van der Waals surface area contributed by atoms with Crippen molar-refractivity contribution in [2.75, 3.05) is 19.6 Å². The Morgan fingerprint density at radius 2 is 2.39 bits per heavy atom. The number of rotatable bonds is 2. The van der Waals surface area contributed by atoms with Gasteiger partial charge in [0, 0.05) is 36.4 Å². The van der Waals surface area contributed by atoms with E-state index in [2.05, 4.69) is 51.2 Å². The predicted molar refractivity (Wildman–Crippen MR) is 75.0 cm³/mol. The largest absolute Gasteiger partial charge is 0.310 e. The van der Waals surface area contributed by atoms with Gasteiger partial charge in [-0.1, -0.05) is 0 Å². The van der Waals surface area contributed by atoms with Crippen LogP contribution < -0.4 is 5.32 Å². The number of thiazole rings is 1. The average Bonchev–Trinajstić information content (AvgIpc) is 2.79. The summed E-state index contributed by atoms with van der Waals surface area (Å²) in [4.78, 5) is 8.27. The molecule has 0 radical (unpaired) electrons. The molecule has 1 aliphatic rings. The molecule has 0 aliphatic carbocycles. The SMILES string of the molecule is CC1(C)CN(Cc2cn3ccsc3n2)CCCN1. The number of nitrogens with one attached hydrogen (secondary N) is 1. The molecule has 0 bridgehead atoms. The highest BCUT2D eigenvalue weighted by molar-refractivity contribution is 7.15. The van der Waals surface area contributed by atoms with Gasteiger partial charge in [0.15, 0.2) is 4.96 Å². The van der Waals surface area contributed by atoms with Crippen LogP contribution in [-0.4, -0.2) is 39.5 Å². The van der Waals surface area contributed by atoms with Crippen molar-refractivity contribution >= 4 is 16.3 Å². The highest BCUT2D eigenvalue weighted by Gasteiger charge is 2.24. The molecule has 3 rings (SSSR count). The molecule has 0 saturated carbocycles. The molecule has 1 N–H and O–H groups in total. The second kappa shape index (κ2) is 4.64. The van der Waals surface area contributed by atoms with E-state index in [1.807, 2.05) is 0 Å². The van der Waals surface area contributed by atoms with Gasteiger partial charge in [0.25, 0.3) is 0 Å². The first kappa shape index (κ1) is 12.1. The average molecular weight is 264 g/mol. The van der Waals surface area contributed by atoms with Crippen molar-refractivity contribution in [2.45, 2.75) is 32.4 Å². The molecule has 2 aromatic rings. The van der Waals surface area contributed by atoms with E-state index in [0.717, 1.165) is 31.1 Å². The van der Waals surface area contributed by atoms with Crippen LogP contribution in [0.1, 0.15) is 26.0 Å². The number of imidazole rings is 1. The molecule has 0 atom stereocenters. The topological polar surface area (TPSA) is 32.6 Å². The lowest BCUT2D eigenvalue weighted by atomic mass is 10.1. The number of hydrogen-bond donors (Lipinski definition) is 1. The van der Waals surface area contributed by atoms with Crippen molar-refractivity contribution in [1.82, 2.24) is 19.6 Å². The Hall–Kier alpha value is -0.910. The van der Waals surface area contributed by atoms with Crippen molar-refractivity contribution < 1.29 is 0 Å². The maximum Gasteiger partial charge on any atom is 0.193 e. The summed E-state index contributed by atoms with van der Waals surface area (Å²) >= 11 is 1.70. The van der Waals surface area contributed by atoms with Crippen molar-refractivity contribution in [1.29, 1.82) is 0 Å². The van der Waals surface area contributed by atoms with E-state index in [1.54, 1.807) is 11.3 Å². The second-order valence-corrected chi connectivity index (χ2v) is 6.57. The van der Waals surface area contributed by atoms with E-state index in [0.29, 0.717) is 0 Å². The fourth-order valence-corrected chi connectivity index (χ4v) is 3.36. The van der Waals surface area contributed by atoms with Gasteiger partial charge in [-0.05, 0) is 33.4 Å². The number of aromatic nitrogens is 2. The van der Waals surface area contributed by atoms with E-state index < -0.39 is 0 Å². The summed E-state index contributed by atoms with van der Waals surface area (Å²) < 4.78 is 2.11. The predicted octanol–water partition coefficient (Wildman–Crippen LogP) is 1.97.